The molecule has 3 heterocycles. The number of tetrazole rings is 1. The third-order valence-electron chi connectivity index (χ3n) is 3.49. The van der Waals surface area contributed by atoms with Gasteiger partial charge in [0, 0.05) is 17.5 Å². The number of nitrogens with one attached hydrogen (secondary N) is 1. The number of hydrogen-bond donors (Lipinski definition) is 3. The van der Waals surface area contributed by atoms with E-state index in [-0.39, 0.29) is 23.0 Å². The molecule has 0 saturated carbocycles. The number of carboxylic acid groups (broad SMARTS) is 1. The molecule has 0 radical (unpaired) electrons. The molecule has 1 saturated heterocycles. The average Bonchev–Trinajstić information content (AvgIpc) is 2.97. The van der Waals surface area contributed by atoms with Crippen molar-refractivity contribution in [1.29, 1.82) is 0 Å². The highest BCUT2D eigenvalue weighted by molar-refractivity contribution is 8.01. The first-order chi connectivity index (χ1) is 11.4. The summed E-state index contributed by atoms with van der Waals surface area (Å²) in [5.41, 5.74) is 9.48. The van der Waals surface area contributed by atoms with Crippen LogP contribution in [0.2, 0.25) is 0 Å². The molecule has 24 heavy (non-hydrogen) atoms. The van der Waals surface area contributed by atoms with Gasteiger partial charge >= 0.3 is 5.97 Å². The number of rotatable bonds is 6. The number of thioether (sulfide) groups is 2. The Morgan fingerprint density at radius 3 is 3.00 bits per heavy atom. The van der Waals surface area contributed by atoms with E-state index in [1.807, 2.05) is 13.8 Å². The van der Waals surface area contributed by atoms with Gasteiger partial charge in [-0.25, -0.2) is 4.79 Å². The third kappa shape index (κ3) is 2.96. The van der Waals surface area contributed by atoms with Gasteiger partial charge in [0.2, 0.25) is 11.1 Å². The van der Waals surface area contributed by atoms with Crippen molar-refractivity contribution in [3.63, 3.8) is 0 Å². The molecule has 1 aromatic rings. The summed E-state index contributed by atoms with van der Waals surface area (Å²) in [5.74, 6) is -0.578. The molecule has 1 aromatic heterocycles. The molecule has 12 heteroatoms. The standard InChI is InChI=1S/C12H17N7O3S2/c1-5(2)15-19-12(14-16-17-19)24-4-6-3-23-10-7(13)9(20)18(10)8(6)11(21)22/h5,7,10,15H,3-4,13H2,1-2H3,(H,21,22)/t7-,10-/m1/s1. The van der Waals surface area contributed by atoms with Crippen LogP contribution in [0.3, 0.4) is 0 Å². The quantitative estimate of drug-likeness (QED) is 0.434. The van der Waals surface area contributed by atoms with Crippen LogP contribution in [0.15, 0.2) is 16.4 Å². The number of carboxylic acids is 1. The monoisotopic (exact) mass is 371 g/mol. The van der Waals surface area contributed by atoms with Crippen LogP contribution in [0.5, 0.6) is 0 Å². The van der Waals surface area contributed by atoms with Gasteiger partial charge in [0.25, 0.3) is 0 Å². The van der Waals surface area contributed by atoms with E-state index in [1.165, 1.54) is 33.2 Å². The molecule has 0 aromatic carbocycles. The molecule has 4 N–H and O–H groups in total. The lowest BCUT2D eigenvalue weighted by atomic mass is 10.0. The number of β-lactam (4-membered cyclic amide) rings is 1. The van der Waals surface area contributed by atoms with Crippen molar-refractivity contribution in [2.45, 2.75) is 36.5 Å². The Bertz CT molecular complexity index is 705. The number of hydrogen-bond acceptors (Lipinski definition) is 9. The van der Waals surface area contributed by atoms with Gasteiger partial charge in [-0.05, 0) is 29.8 Å². The molecule has 1 fully saturated rings. The highest BCUT2D eigenvalue weighted by atomic mass is 32.2. The fourth-order valence-electron chi connectivity index (χ4n) is 2.44. The van der Waals surface area contributed by atoms with E-state index < -0.39 is 12.0 Å². The lowest BCUT2D eigenvalue weighted by Crippen LogP contribution is -2.68. The Morgan fingerprint density at radius 2 is 2.33 bits per heavy atom. The first-order valence-corrected chi connectivity index (χ1v) is 9.27. The van der Waals surface area contributed by atoms with Crippen molar-refractivity contribution < 1.29 is 14.7 Å². The van der Waals surface area contributed by atoms with Crippen LogP contribution >= 0.6 is 23.5 Å². The molecule has 2 aliphatic heterocycles. The summed E-state index contributed by atoms with van der Waals surface area (Å²) < 4.78 is 0. The Hall–Kier alpha value is -1.79. The van der Waals surface area contributed by atoms with Crippen LogP contribution in [0.4, 0.5) is 0 Å². The summed E-state index contributed by atoms with van der Waals surface area (Å²) in [5, 5.41) is 21.1. The smallest absolute Gasteiger partial charge is 0.352 e. The van der Waals surface area contributed by atoms with E-state index in [2.05, 4.69) is 21.0 Å². The summed E-state index contributed by atoms with van der Waals surface area (Å²) in [6.45, 7) is 3.91. The maximum Gasteiger partial charge on any atom is 0.352 e. The highest BCUT2D eigenvalue weighted by Gasteiger charge is 2.51. The molecular weight excluding hydrogens is 354 g/mol. The van der Waals surface area contributed by atoms with E-state index in [0.717, 1.165) is 0 Å². The number of carbonyl (C=O) groups is 2. The number of fused-ring (bicyclic) bond motifs is 1. The van der Waals surface area contributed by atoms with E-state index >= 15 is 0 Å². The predicted octanol–water partition coefficient (Wildman–Crippen LogP) is -0.702. The molecule has 0 aliphatic carbocycles. The summed E-state index contributed by atoms with van der Waals surface area (Å²) in [6.07, 6.45) is 0. The summed E-state index contributed by atoms with van der Waals surface area (Å²) >= 11 is 2.79. The number of nitrogens with zero attached hydrogens (tertiary/aromatic N) is 5. The van der Waals surface area contributed by atoms with Crippen LogP contribution in [0, 0.1) is 0 Å². The first kappa shape index (κ1) is 17.0. The predicted molar refractivity (Wildman–Crippen MR) is 88.8 cm³/mol. The molecule has 10 nitrogen and oxygen atoms in total. The number of carbonyl (C=O) groups excluding carboxylic acids is 1. The van der Waals surface area contributed by atoms with Crippen molar-refractivity contribution in [3.8, 4) is 0 Å². The van der Waals surface area contributed by atoms with E-state index in [0.29, 0.717) is 22.2 Å². The number of amides is 1. The van der Waals surface area contributed by atoms with Crippen molar-refractivity contribution in [2.75, 3.05) is 16.9 Å². The Labute approximate surface area is 146 Å². The van der Waals surface area contributed by atoms with Crippen LogP contribution < -0.4 is 11.2 Å². The molecule has 2 atom stereocenters. The van der Waals surface area contributed by atoms with Crippen molar-refractivity contribution >= 4 is 35.4 Å². The lowest BCUT2D eigenvalue weighted by Gasteiger charge is -2.48. The zero-order valence-corrected chi connectivity index (χ0v) is 14.7. The third-order valence-corrected chi connectivity index (χ3v) is 5.85. The van der Waals surface area contributed by atoms with Gasteiger partial charge in [-0.2, -0.15) is 0 Å². The van der Waals surface area contributed by atoms with Gasteiger partial charge in [0.15, 0.2) is 0 Å². The normalized spacial score (nSPS) is 23.3. The fraction of sp³-hybridized carbons (Fsp3) is 0.583. The maximum absolute atomic E-state index is 11.9. The van der Waals surface area contributed by atoms with Crippen LogP contribution in [-0.4, -0.2) is 71.2 Å². The molecule has 0 spiro atoms. The minimum Gasteiger partial charge on any atom is -0.477 e. The zero-order chi connectivity index (χ0) is 17.4. The zero-order valence-electron chi connectivity index (χ0n) is 13.0. The van der Waals surface area contributed by atoms with Crippen LogP contribution in [-0.2, 0) is 9.59 Å². The number of nitrogens with two attached hydrogens (primary N) is 1. The largest absolute Gasteiger partial charge is 0.477 e. The molecule has 130 valence electrons. The van der Waals surface area contributed by atoms with Gasteiger partial charge in [-0.15, -0.1) is 16.6 Å². The van der Waals surface area contributed by atoms with Gasteiger partial charge in [0.1, 0.15) is 17.1 Å². The second-order valence-electron chi connectivity index (χ2n) is 5.64. The van der Waals surface area contributed by atoms with Gasteiger partial charge in [-0.3, -0.25) is 9.69 Å². The molecule has 0 bridgehead atoms. The SMILES string of the molecule is CC(C)Nn1nnnc1SCC1=C(C(=O)O)N2C(=O)[C@@H](N)[C@H]2SC1. The lowest BCUT2D eigenvalue weighted by molar-refractivity contribution is -0.147. The van der Waals surface area contributed by atoms with E-state index in [1.54, 1.807) is 0 Å². The van der Waals surface area contributed by atoms with Crippen LogP contribution in [0.1, 0.15) is 13.8 Å². The minimum absolute atomic E-state index is 0.0359. The number of aliphatic carboxylic acids is 1. The highest BCUT2D eigenvalue weighted by Crippen LogP contribution is 2.40. The van der Waals surface area contributed by atoms with Crippen LogP contribution in [0.25, 0.3) is 0 Å². The summed E-state index contributed by atoms with van der Waals surface area (Å²) in [7, 11) is 0. The van der Waals surface area contributed by atoms with Gasteiger partial charge in [-0.1, -0.05) is 16.9 Å². The molecule has 2 aliphatic rings. The Kier molecular flexibility index (Phi) is 4.69. The Balaban J connectivity index is 1.77. The summed E-state index contributed by atoms with van der Waals surface area (Å²) in [6, 6.07) is -0.478. The molecule has 3 rings (SSSR count). The maximum atomic E-state index is 11.9. The topological polar surface area (TPSA) is 139 Å². The molecule has 0 unspecified atom stereocenters. The van der Waals surface area contributed by atoms with Crippen molar-refractivity contribution in [3.05, 3.63) is 11.3 Å². The molecule has 1 amide bonds. The van der Waals surface area contributed by atoms with E-state index in [4.69, 9.17) is 5.73 Å². The van der Waals surface area contributed by atoms with Crippen molar-refractivity contribution in [2.24, 2.45) is 5.73 Å². The number of aromatic nitrogens is 4. The first-order valence-electron chi connectivity index (χ1n) is 7.23. The van der Waals surface area contributed by atoms with Gasteiger partial charge in [0.05, 0.1) is 0 Å². The van der Waals surface area contributed by atoms with E-state index in [9.17, 15) is 14.7 Å². The second-order valence-corrected chi connectivity index (χ2v) is 7.69. The average molecular weight is 371 g/mol. The van der Waals surface area contributed by atoms with Gasteiger partial charge < -0.3 is 16.3 Å². The minimum atomic E-state index is -1.11. The molecular formula is C12H17N7O3S2. The second kappa shape index (κ2) is 6.61. The summed E-state index contributed by atoms with van der Waals surface area (Å²) in [4.78, 5) is 26.3. The fourth-order valence-corrected chi connectivity index (χ4v) is 4.71. The Morgan fingerprint density at radius 1 is 1.58 bits per heavy atom. The van der Waals surface area contributed by atoms with Crippen molar-refractivity contribution in [1.82, 2.24) is 25.2 Å².